The third kappa shape index (κ3) is 1.94. The molecule has 0 aliphatic heterocycles. The molecule has 102 valence electrons. The van der Waals surface area contributed by atoms with E-state index in [9.17, 15) is 13.2 Å². The number of rotatable bonds is 1. The maximum absolute atomic E-state index is 12.7. The van der Waals surface area contributed by atoms with Crippen LogP contribution in [0.3, 0.4) is 0 Å². The topological polar surface area (TPSA) is 69.6 Å². The van der Waals surface area contributed by atoms with Crippen molar-refractivity contribution >= 4 is 17.0 Å². The predicted molar refractivity (Wildman–Crippen MR) is 66.1 cm³/mol. The number of hydrogen-bond donors (Lipinski definition) is 1. The van der Waals surface area contributed by atoms with Crippen LogP contribution in [0.4, 0.5) is 19.0 Å². The summed E-state index contributed by atoms with van der Waals surface area (Å²) in [6.45, 7) is 0. The van der Waals surface area contributed by atoms with E-state index >= 15 is 0 Å². The lowest BCUT2D eigenvalue weighted by Crippen LogP contribution is -2.06. The molecule has 8 heteroatoms. The summed E-state index contributed by atoms with van der Waals surface area (Å²) in [5.41, 5.74) is 5.99. The van der Waals surface area contributed by atoms with Crippen LogP contribution in [0.2, 0.25) is 0 Å². The van der Waals surface area contributed by atoms with E-state index < -0.39 is 11.7 Å². The van der Waals surface area contributed by atoms with E-state index in [2.05, 4.69) is 15.0 Å². The van der Waals surface area contributed by atoms with Crippen molar-refractivity contribution in [2.45, 2.75) is 6.18 Å². The Labute approximate surface area is 110 Å². The molecule has 5 nitrogen and oxygen atoms in total. The number of alkyl halides is 3. The molecule has 3 aromatic rings. The van der Waals surface area contributed by atoms with Crippen LogP contribution in [0.5, 0.6) is 0 Å². The normalized spacial score (nSPS) is 11.9. The van der Waals surface area contributed by atoms with Gasteiger partial charge >= 0.3 is 6.18 Å². The second-order valence-corrected chi connectivity index (χ2v) is 4.09. The number of nitrogens with two attached hydrogens (primary N) is 1. The summed E-state index contributed by atoms with van der Waals surface area (Å²) in [4.78, 5) is 11.7. The van der Waals surface area contributed by atoms with Gasteiger partial charge in [0.1, 0.15) is 18.2 Å². The number of benzene rings is 1. The third-order valence-electron chi connectivity index (χ3n) is 2.82. The van der Waals surface area contributed by atoms with Gasteiger partial charge in [-0.1, -0.05) is 6.07 Å². The first kappa shape index (κ1) is 12.4. The summed E-state index contributed by atoms with van der Waals surface area (Å²) in [5.74, 6) is 0.157. The van der Waals surface area contributed by atoms with E-state index in [-0.39, 0.29) is 5.82 Å². The molecule has 0 fully saturated rings. The highest BCUT2D eigenvalue weighted by molar-refractivity contribution is 5.83. The van der Waals surface area contributed by atoms with Gasteiger partial charge in [0.2, 0.25) is 0 Å². The molecule has 3 rings (SSSR count). The molecule has 0 radical (unpaired) electrons. The van der Waals surface area contributed by atoms with Crippen molar-refractivity contribution in [1.82, 2.24) is 19.5 Å². The average Bonchev–Trinajstić information content (AvgIpc) is 2.83. The summed E-state index contributed by atoms with van der Waals surface area (Å²) >= 11 is 0. The molecule has 0 aliphatic rings. The fourth-order valence-corrected chi connectivity index (χ4v) is 1.91. The molecule has 0 atom stereocenters. The maximum atomic E-state index is 12.7. The molecule has 2 aromatic heterocycles. The van der Waals surface area contributed by atoms with E-state index in [0.717, 1.165) is 12.1 Å². The summed E-state index contributed by atoms with van der Waals surface area (Å²) in [6, 6.07) is 4.88. The molecular weight excluding hydrogens is 271 g/mol. The quantitative estimate of drug-likeness (QED) is 0.742. The molecule has 2 heterocycles. The molecule has 1 aromatic carbocycles. The van der Waals surface area contributed by atoms with E-state index in [0.29, 0.717) is 16.9 Å². The highest BCUT2D eigenvalue weighted by atomic mass is 19.4. The molecule has 20 heavy (non-hydrogen) atoms. The van der Waals surface area contributed by atoms with Crippen LogP contribution >= 0.6 is 0 Å². The minimum absolute atomic E-state index is 0.157. The largest absolute Gasteiger partial charge is 0.416 e. The smallest absolute Gasteiger partial charge is 0.382 e. The zero-order valence-corrected chi connectivity index (χ0v) is 9.96. The minimum atomic E-state index is -4.41. The Morgan fingerprint density at radius 1 is 1.10 bits per heavy atom. The van der Waals surface area contributed by atoms with Gasteiger partial charge in [0, 0.05) is 5.69 Å². The lowest BCUT2D eigenvalue weighted by atomic mass is 10.2. The van der Waals surface area contributed by atoms with Gasteiger partial charge in [-0.25, -0.2) is 15.0 Å². The van der Waals surface area contributed by atoms with Crippen molar-refractivity contribution in [1.29, 1.82) is 0 Å². The number of fused-ring (bicyclic) bond motifs is 1. The number of nitrogen functional groups attached to an aromatic ring is 1. The van der Waals surface area contributed by atoms with Gasteiger partial charge in [-0.05, 0) is 18.2 Å². The lowest BCUT2D eigenvalue weighted by molar-refractivity contribution is -0.137. The van der Waals surface area contributed by atoms with E-state index in [1.165, 1.54) is 29.4 Å². The Kier molecular flexibility index (Phi) is 2.60. The Bertz CT molecular complexity index is 778. The molecule has 0 bridgehead atoms. The first-order valence-corrected chi connectivity index (χ1v) is 5.58. The zero-order chi connectivity index (χ0) is 14.3. The van der Waals surface area contributed by atoms with Crippen molar-refractivity contribution < 1.29 is 13.2 Å². The SMILES string of the molecule is Nc1ncnc2ncn(-c3cccc(C(F)(F)F)c3)c12. The molecule has 0 amide bonds. The number of hydrogen-bond acceptors (Lipinski definition) is 4. The Balaban J connectivity index is 2.22. The summed E-state index contributed by atoms with van der Waals surface area (Å²) in [5, 5.41) is 0. The summed E-state index contributed by atoms with van der Waals surface area (Å²) < 4.78 is 39.6. The van der Waals surface area contributed by atoms with Gasteiger partial charge in [0.25, 0.3) is 0 Å². The Morgan fingerprint density at radius 3 is 2.65 bits per heavy atom. The van der Waals surface area contributed by atoms with Crippen LogP contribution in [0, 0.1) is 0 Å². The van der Waals surface area contributed by atoms with Crippen LogP contribution in [0.25, 0.3) is 16.9 Å². The second kappa shape index (κ2) is 4.19. The number of imidazole rings is 1. The van der Waals surface area contributed by atoms with Crippen LogP contribution in [0.1, 0.15) is 5.56 Å². The van der Waals surface area contributed by atoms with Crippen molar-refractivity contribution in [3.8, 4) is 5.69 Å². The minimum Gasteiger partial charge on any atom is -0.382 e. The van der Waals surface area contributed by atoms with Crippen LogP contribution in [0.15, 0.2) is 36.9 Å². The van der Waals surface area contributed by atoms with Gasteiger partial charge in [-0.3, -0.25) is 4.57 Å². The fourth-order valence-electron chi connectivity index (χ4n) is 1.91. The summed E-state index contributed by atoms with van der Waals surface area (Å²) in [7, 11) is 0. The molecule has 0 saturated carbocycles. The maximum Gasteiger partial charge on any atom is 0.416 e. The predicted octanol–water partition coefficient (Wildman–Crippen LogP) is 2.42. The highest BCUT2D eigenvalue weighted by Gasteiger charge is 2.30. The van der Waals surface area contributed by atoms with Gasteiger partial charge in [0.05, 0.1) is 5.56 Å². The Morgan fingerprint density at radius 2 is 1.90 bits per heavy atom. The van der Waals surface area contributed by atoms with E-state index in [1.807, 2.05) is 0 Å². The number of anilines is 1. The molecule has 0 aliphatic carbocycles. The molecular formula is C12H8F3N5. The molecule has 0 saturated heterocycles. The van der Waals surface area contributed by atoms with Crippen molar-refractivity contribution in [3.05, 3.63) is 42.5 Å². The first-order chi connectivity index (χ1) is 9.47. The van der Waals surface area contributed by atoms with Gasteiger partial charge in [-0.2, -0.15) is 13.2 Å². The van der Waals surface area contributed by atoms with Gasteiger partial charge in [0.15, 0.2) is 11.5 Å². The van der Waals surface area contributed by atoms with Gasteiger partial charge < -0.3 is 5.73 Å². The average molecular weight is 279 g/mol. The van der Waals surface area contributed by atoms with Crippen LogP contribution in [-0.4, -0.2) is 19.5 Å². The molecule has 0 spiro atoms. The summed E-state index contributed by atoms with van der Waals surface area (Å²) in [6.07, 6.45) is -1.79. The lowest BCUT2D eigenvalue weighted by Gasteiger charge is -2.10. The van der Waals surface area contributed by atoms with Crippen molar-refractivity contribution in [3.63, 3.8) is 0 Å². The van der Waals surface area contributed by atoms with Crippen LogP contribution < -0.4 is 5.73 Å². The van der Waals surface area contributed by atoms with E-state index in [4.69, 9.17) is 5.73 Å². The number of halogens is 3. The van der Waals surface area contributed by atoms with E-state index in [1.54, 1.807) is 0 Å². The standard InChI is InChI=1S/C12H8F3N5/c13-12(14,15)7-2-1-3-8(4-7)20-6-19-11-9(20)10(16)17-5-18-11/h1-6H,(H2,16,17,18). The zero-order valence-electron chi connectivity index (χ0n) is 9.96. The van der Waals surface area contributed by atoms with Crippen molar-refractivity contribution in [2.24, 2.45) is 0 Å². The number of aromatic nitrogens is 4. The molecule has 0 unspecified atom stereocenters. The van der Waals surface area contributed by atoms with Crippen molar-refractivity contribution in [2.75, 3.05) is 5.73 Å². The van der Waals surface area contributed by atoms with Gasteiger partial charge in [-0.15, -0.1) is 0 Å². The molecule has 2 N–H and O–H groups in total. The third-order valence-corrected chi connectivity index (χ3v) is 2.82. The number of nitrogens with zero attached hydrogens (tertiary/aromatic N) is 4. The Hall–Kier alpha value is -2.64. The fraction of sp³-hybridized carbons (Fsp3) is 0.0833. The highest BCUT2D eigenvalue weighted by Crippen LogP contribution is 2.31. The first-order valence-electron chi connectivity index (χ1n) is 5.58. The monoisotopic (exact) mass is 279 g/mol. The van der Waals surface area contributed by atoms with Crippen LogP contribution in [-0.2, 0) is 6.18 Å². The second-order valence-electron chi connectivity index (χ2n) is 4.09.